The number of hydrogen-bond acceptors (Lipinski definition) is 2. The van der Waals surface area contributed by atoms with Crippen molar-refractivity contribution in [3.63, 3.8) is 0 Å². The van der Waals surface area contributed by atoms with Gasteiger partial charge in [0.1, 0.15) is 6.61 Å². The second kappa shape index (κ2) is 5.35. The quantitative estimate of drug-likeness (QED) is 0.425. The summed E-state index contributed by atoms with van der Waals surface area (Å²) >= 11 is 0. The van der Waals surface area contributed by atoms with Crippen LogP contribution in [-0.2, 0) is 9.53 Å². The monoisotopic (exact) mass is 128 g/mol. The molecule has 0 unspecified atom stereocenters. The Labute approximate surface area is 55.5 Å². The van der Waals surface area contributed by atoms with Crippen molar-refractivity contribution in [3.8, 4) is 0 Å². The number of allylic oxidation sites excluding steroid dienone is 1. The van der Waals surface area contributed by atoms with Gasteiger partial charge in [-0.05, 0) is 6.92 Å². The summed E-state index contributed by atoms with van der Waals surface area (Å²) < 4.78 is 4.71. The Kier molecular flexibility index (Phi) is 4.88. The number of carbonyl (C=O) groups is 1. The van der Waals surface area contributed by atoms with E-state index in [2.05, 4.69) is 0 Å². The Hall–Kier alpha value is -0.790. The van der Waals surface area contributed by atoms with Crippen molar-refractivity contribution in [2.24, 2.45) is 0 Å². The Morgan fingerprint density at radius 1 is 1.67 bits per heavy atom. The van der Waals surface area contributed by atoms with E-state index in [1.165, 1.54) is 0 Å². The highest BCUT2D eigenvalue weighted by molar-refractivity contribution is 5.68. The highest BCUT2D eigenvalue weighted by Crippen LogP contribution is 1.83. The van der Waals surface area contributed by atoms with Gasteiger partial charge in [-0.3, -0.25) is 4.79 Å². The van der Waals surface area contributed by atoms with Crippen LogP contribution in [0.3, 0.4) is 0 Å². The molecule has 0 aliphatic rings. The Morgan fingerprint density at radius 2 is 2.33 bits per heavy atom. The van der Waals surface area contributed by atoms with Gasteiger partial charge in [0.25, 0.3) is 0 Å². The van der Waals surface area contributed by atoms with Crippen LogP contribution in [0.4, 0.5) is 0 Å². The van der Waals surface area contributed by atoms with E-state index in [9.17, 15) is 4.79 Å². The number of hydrogen-bond donors (Lipinski definition) is 0. The summed E-state index contributed by atoms with van der Waals surface area (Å²) in [4.78, 5) is 10.4. The molecule has 0 fully saturated rings. The van der Waals surface area contributed by atoms with Crippen molar-refractivity contribution in [1.82, 2.24) is 0 Å². The summed E-state index contributed by atoms with van der Waals surface area (Å²) in [7, 11) is 0. The second-order valence-electron chi connectivity index (χ2n) is 1.61. The van der Waals surface area contributed by atoms with Crippen molar-refractivity contribution in [2.75, 3.05) is 6.61 Å². The first kappa shape index (κ1) is 8.21. The number of rotatable bonds is 3. The van der Waals surface area contributed by atoms with E-state index in [4.69, 9.17) is 4.74 Å². The summed E-state index contributed by atoms with van der Waals surface area (Å²) in [5.74, 6) is -0.145. The normalized spacial score (nSPS) is 10.0. The zero-order valence-corrected chi connectivity index (χ0v) is 5.89. The third kappa shape index (κ3) is 5.07. The maximum absolute atomic E-state index is 10.4. The molecular weight excluding hydrogens is 116 g/mol. The Balaban J connectivity index is 3.17. The molecule has 0 spiro atoms. The van der Waals surface area contributed by atoms with Gasteiger partial charge in [0, 0.05) is 6.42 Å². The number of ether oxygens (including phenoxy) is 1. The van der Waals surface area contributed by atoms with Gasteiger partial charge in [0.2, 0.25) is 0 Å². The van der Waals surface area contributed by atoms with Gasteiger partial charge in [0.05, 0.1) is 0 Å². The van der Waals surface area contributed by atoms with E-state index in [0.717, 1.165) is 0 Å². The summed E-state index contributed by atoms with van der Waals surface area (Å²) in [5.41, 5.74) is 0. The molecule has 0 aliphatic carbocycles. The summed E-state index contributed by atoms with van der Waals surface area (Å²) in [5, 5.41) is 0. The molecular formula is C7H12O2. The van der Waals surface area contributed by atoms with E-state index < -0.39 is 0 Å². The lowest BCUT2D eigenvalue weighted by atomic mass is 10.5. The van der Waals surface area contributed by atoms with Gasteiger partial charge in [-0.15, -0.1) is 0 Å². The van der Waals surface area contributed by atoms with E-state index >= 15 is 0 Å². The molecule has 0 aromatic carbocycles. The molecule has 0 atom stereocenters. The SMILES string of the molecule is C/C=C\COC(=O)CC. The third-order valence-electron chi connectivity index (χ3n) is 0.865. The summed E-state index contributed by atoms with van der Waals surface area (Å²) in [6.45, 7) is 4.07. The second-order valence-corrected chi connectivity index (χ2v) is 1.61. The fourth-order valence-corrected chi connectivity index (χ4v) is 0.339. The first-order chi connectivity index (χ1) is 4.31. The van der Waals surface area contributed by atoms with Gasteiger partial charge in [-0.1, -0.05) is 19.1 Å². The molecule has 0 aromatic heterocycles. The fourth-order valence-electron chi connectivity index (χ4n) is 0.339. The summed E-state index contributed by atoms with van der Waals surface area (Å²) in [6, 6.07) is 0. The molecule has 52 valence electrons. The molecule has 0 aliphatic heterocycles. The molecule has 0 heterocycles. The molecule has 2 heteroatoms. The highest BCUT2D eigenvalue weighted by atomic mass is 16.5. The van der Waals surface area contributed by atoms with Crippen LogP contribution in [-0.4, -0.2) is 12.6 Å². The van der Waals surface area contributed by atoms with Gasteiger partial charge < -0.3 is 4.74 Å². The maximum atomic E-state index is 10.4. The molecule has 0 saturated heterocycles. The van der Waals surface area contributed by atoms with Crippen molar-refractivity contribution in [2.45, 2.75) is 20.3 Å². The van der Waals surface area contributed by atoms with Crippen molar-refractivity contribution in [1.29, 1.82) is 0 Å². The van der Waals surface area contributed by atoms with Gasteiger partial charge in [0.15, 0.2) is 0 Å². The lowest BCUT2D eigenvalue weighted by Crippen LogP contribution is -2.01. The predicted molar refractivity (Wildman–Crippen MR) is 36.1 cm³/mol. The average Bonchev–Trinajstić information content (AvgIpc) is 1.89. The van der Waals surface area contributed by atoms with Crippen molar-refractivity contribution >= 4 is 5.97 Å². The van der Waals surface area contributed by atoms with E-state index in [1.807, 2.05) is 13.0 Å². The minimum atomic E-state index is -0.145. The van der Waals surface area contributed by atoms with E-state index in [1.54, 1.807) is 13.0 Å². The van der Waals surface area contributed by atoms with Crippen LogP contribution in [0.2, 0.25) is 0 Å². The van der Waals surface area contributed by atoms with Crippen molar-refractivity contribution in [3.05, 3.63) is 12.2 Å². The molecule has 0 radical (unpaired) electrons. The molecule has 0 amide bonds. The van der Waals surface area contributed by atoms with Crippen LogP contribution in [0.25, 0.3) is 0 Å². The molecule has 0 saturated carbocycles. The molecule has 0 aromatic rings. The molecule has 2 nitrogen and oxygen atoms in total. The smallest absolute Gasteiger partial charge is 0.305 e. The third-order valence-corrected chi connectivity index (χ3v) is 0.865. The fraction of sp³-hybridized carbons (Fsp3) is 0.571. The van der Waals surface area contributed by atoms with Gasteiger partial charge in [-0.2, -0.15) is 0 Å². The van der Waals surface area contributed by atoms with Crippen LogP contribution in [0, 0.1) is 0 Å². The molecule has 0 N–H and O–H groups in total. The topological polar surface area (TPSA) is 26.3 Å². The largest absolute Gasteiger partial charge is 0.461 e. The van der Waals surface area contributed by atoms with E-state index in [0.29, 0.717) is 13.0 Å². The maximum Gasteiger partial charge on any atom is 0.305 e. The van der Waals surface area contributed by atoms with Crippen LogP contribution in [0.15, 0.2) is 12.2 Å². The standard InChI is InChI=1S/C7H12O2/c1-3-5-6-9-7(8)4-2/h3,5H,4,6H2,1-2H3/b5-3-. The zero-order chi connectivity index (χ0) is 7.11. The molecule has 0 bridgehead atoms. The van der Waals surface area contributed by atoms with Crippen LogP contribution < -0.4 is 0 Å². The summed E-state index contributed by atoms with van der Waals surface area (Å²) in [6.07, 6.45) is 4.11. The van der Waals surface area contributed by atoms with Gasteiger partial charge >= 0.3 is 5.97 Å². The zero-order valence-electron chi connectivity index (χ0n) is 5.89. The highest BCUT2D eigenvalue weighted by Gasteiger charge is 1.92. The Morgan fingerprint density at radius 3 is 2.78 bits per heavy atom. The number of esters is 1. The van der Waals surface area contributed by atoms with Gasteiger partial charge in [-0.25, -0.2) is 0 Å². The number of carbonyl (C=O) groups excluding carboxylic acids is 1. The minimum Gasteiger partial charge on any atom is -0.461 e. The van der Waals surface area contributed by atoms with E-state index in [-0.39, 0.29) is 5.97 Å². The van der Waals surface area contributed by atoms with Crippen LogP contribution in [0.5, 0.6) is 0 Å². The molecule has 0 rings (SSSR count). The van der Waals surface area contributed by atoms with Crippen LogP contribution >= 0.6 is 0 Å². The lowest BCUT2D eigenvalue weighted by Gasteiger charge is -1.95. The van der Waals surface area contributed by atoms with Crippen molar-refractivity contribution < 1.29 is 9.53 Å². The first-order valence-corrected chi connectivity index (χ1v) is 3.08. The lowest BCUT2D eigenvalue weighted by molar-refractivity contribution is -0.141. The first-order valence-electron chi connectivity index (χ1n) is 3.08. The predicted octanol–water partition coefficient (Wildman–Crippen LogP) is 1.52. The average molecular weight is 128 g/mol. The minimum absolute atomic E-state index is 0.145. The van der Waals surface area contributed by atoms with Crippen LogP contribution in [0.1, 0.15) is 20.3 Å². The Bertz CT molecular complexity index is 105. The molecule has 9 heavy (non-hydrogen) atoms.